The Morgan fingerprint density at radius 2 is 2.04 bits per heavy atom. The molecule has 1 N–H and O–H groups in total. The standard InChI is InChI=1S/C14H17FN2O7/c1-7(18)22-6-10-9(5-15)12(23-8(2)19)13(24-10)17-4-3-11(20)16-14(17)21/h3-4,9-10,12-13H,5-6H2,1-2H3,(H,16,20,21)/t9-,10-,12-,13-/m1/s1. The third-order valence-corrected chi connectivity index (χ3v) is 3.55. The van der Waals surface area contributed by atoms with E-state index in [9.17, 15) is 23.6 Å². The zero-order chi connectivity index (χ0) is 17.9. The summed E-state index contributed by atoms with van der Waals surface area (Å²) in [5.41, 5.74) is -1.41. The van der Waals surface area contributed by atoms with Crippen molar-refractivity contribution in [3.05, 3.63) is 33.1 Å². The van der Waals surface area contributed by atoms with E-state index in [-0.39, 0.29) is 6.61 Å². The van der Waals surface area contributed by atoms with Crippen LogP contribution in [0.25, 0.3) is 0 Å². The van der Waals surface area contributed by atoms with Gasteiger partial charge in [-0.2, -0.15) is 0 Å². The molecule has 132 valence electrons. The molecule has 0 unspecified atom stereocenters. The van der Waals surface area contributed by atoms with E-state index in [1.165, 1.54) is 6.92 Å². The second-order valence-electron chi connectivity index (χ2n) is 5.28. The summed E-state index contributed by atoms with van der Waals surface area (Å²) in [6, 6.07) is 1.08. The van der Waals surface area contributed by atoms with Gasteiger partial charge in [0.05, 0.1) is 12.6 Å². The van der Waals surface area contributed by atoms with Gasteiger partial charge in [0.1, 0.15) is 12.7 Å². The first-order chi connectivity index (χ1) is 11.3. The molecule has 9 nitrogen and oxygen atoms in total. The highest BCUT2D eigenvalue weighted by Gasteiger charge is 2.48. The van der Waals surface area contributed by atoms with Crippen LogP contribution in [0.4, 0.5) is 4.39 Å². The molecule has 24 heavy (non-hydrogen) atoms. The van der Waals surface area contributed by atoms with Crippen LogP contribution < -0.4 is 11.2 Å². The van der Waals surface area contributed by atoms with Crippen LogP contribution in [0.5, 0.6) is 0 Å². The second-order valence-corrected chi connectivity index (χ2v) is 5.28. The first-order valence-electron chi connectivity index (χ1n) is 7.17. The molecule has 1 aliphatic heterocycles. The molecule has 1 aromatic rings. The van der Waals surface area contributed by atoms with Crippen molar-refractivity contribution in [3.8, 4) is 0 Å². The van der Waals surface area contributed by atoms with Crippen molar-refractivity contribution in [1.82, 2.24) is 9.55 Å². The van der Waals surface area contributed by atoms with Crippen LogP contribution in [0.15, 0.2) is 21.9 Å². The summed E-state index contributed by atoms with van der Waals surface area (Å²) < 4.78 is 30.0. The average molecular weight is 344 g/mol. The van der Waals surface area contributed by atoms with Gasteiger partial charge < -0.3 is 14.2 Å². The highest BCUT2D eigenvalue weighted by molar-refractivity contribution is 5.66. The van der Waals surface area contributed by atoms with Gasteiger partial charge in [-0.1, -0.05) is 0 Å². The van der Waals surface area contributed by atoms with Crippen molar-refractivity contribution in [2.75, 3.05) is 13.3 Å². The zero-order valence-electron chi connectivity index (χ0n) is 13.1. The van der Waals surface area contributed by atoms with E-state index in [0.29, 0.717) is 0 Å². The Balaban J connectivity index is 2.35. The number of nitrogens with one attached hydrogen (secondary N) is 1. The van der Waals surface area contributed by atoms with Gasteiger partial charge in [0.2, 0.25) is 0 Å². The monoisotopic (exact) mass is 344 g/mol. The van der Waals surface area contributed by atoms with Crippen molar-refractivity contribution >= 4 is 11.9 Å². The minimum Gasteiger partial charge on any atom is -0.463 e. The molecular formula is C14H17FN2O7. The maximum atomic E-state index is 13.5. The summed E-state index contributed by atoms with van der Waals surface area (Å²) in [5, 5.41) is 0. The number of ether oxygens (including phenoxy) is 3. The van der Waals surface area contributed by atoms with Crippen LogP contribution in [-0.2, 0) is 23.8 Å². The number of esters is 2. The molecule has 0 bridgehead atoms. The molecule has 0 saturated carbocycles. The van der Waals surface area contributed by atoms with E-state index in [1.54, 1.807) is 0 Å². The van der Waals surface area contributed by atoms with Crippen molar-refractivity contribution in [2.45, 2.75) is 32.3 Å². The highest BCUT2D eigenvalue weighted by atomic mass is 19.1. The third kappa shape index (κ3) is 3.88. The van der Waals surface area contributed by atoms with E-state index in [0.717, 1.165) is 23.8 Å². The fourth-order valence-corrected chi connectivity index (χ4v) is 2.52. The van der Waals surface area contributed by atoms with E-state index in [4.69, 9.17) is 14.2 Å². The van der Waals surface area contributed by atoms with Gasteiger partial charge in [0.15, 0.2) is 12.3 Å². The first kappa shape index (κ1) is 17.9. The lowest BCUT2D eigenvalue weighted by molar-refractivity contribution is -0.154. The Morgan fingerprint density at radius 1 is 1.33 bits per heavy atom. The summed E-state index contributed by atoms with van der Waals surface area (Å²) in [5.74, 6) is -2.19. The molecular weight excluding hydrogens is 327 g/mol. The number of carbonyl (C=O) groups is 2. The topological polar surface area (TPSA) is 117 Å². The smallest absolute Gasteiger partial charge is 0.330 e. The van der Waals surface area contributed by atoms with Gasteiger partial charge in [-0.25, -0.2) is 4.79 Å². The number of aromatic amines is 1. The molecule has 4 atom stereocenters. The molecule has 0 aliphatic carbocycles. The largest absolute Gasteiger partial charge is 0.463 e. The van der Waals surface area contributed by atoms with Crippen LogP contribution in [0.1, 0.15) is 20.1 Å². The fourth-order valence-electron chi connectivity index (χ4n) is 2.52. The number of alkyl halides is 1. The first-order valence-corrected chi connectivity index (χ1v) is 7.17. The highest BCUT2D eigenvalue weighted by Crippen LogP contribution is 2.36. The molecule has 0 spiro atoms. The van der Waals surface area contributed by atoms with Gasteiger partial charge >= 0.3 is 17.6 Å². The number of hydrogen-bond donors (Lipinski definition) is 1. The van der Waals surface area contributed by atoms with Crippen LogP contribution in [-0.4, -0.2) is 47.0 Å². The number of carbonyl (C=O) groups excluding carboxylic acids is 2. The van der Waals surface area contributed by atoms with E-state index >= 15 is 0 Å². The number of halogens is 1. The summed E-state index contributed by atoms with van der Waals surface area (Å²) in [6.07, 6.45) is -2.02. The molecule has 2 heterocycles. The number of hydrogen-bond acceptors (Lipinski definition) is 7. The van der Waals surface area contributed by atoms with Gasteiger partial charge in [0, 0.05) is 26.1 Å². The fraction of sp³-hybridized carbons (Fsp3) is 0.571. The minimum absolute atomic E-state index is 0.254. The zero-order valence-corrected chi connectivity index (χ0v) is 13.1. The summed E-state index contributed by atoms with van der Waals surface area (Å²) >= 11 is 0. The molecule has 1 fully saturated rings. The minimum atomic E-state index is -1.15. The summed E-state index contributed by atoms with van der Waals surface area (Å²) in [7, 11) is 0. The van der Waals surface area contributed by atoms with E-state index in [2.05, 4.69) is 0 Å². The van der Waals surface area contributed by atoms with Crippen molar-refractivity contribution in [1.29, 1.82) is 0 Å². The molecule has 1 aliphatic rings. The maximum absolute atomic E-state index is 13.5. The Hall–Kier alpha value is -2.49. The van der Waals surface area contributed by atoms with Gasteiger partial charge in [-0.15, -0.1) is 0 Å². The predicted octanol–water partition coefficient (Wildman–Crippen LogP) is -0.485. The van der Waals surface area contributed by atoms with Gasteiger partial charge in [0.25, 0.3) is 5.56 Å². The van der Waals surface area contributed by atoms with E-state index in [1.807, 2.05) is 4.98 Å². The molecule has 2 rings (SSSR count). The third-order valence-electron chi connectivity index (χ3n) is 3.55. The normalized spacial score (nSPS) is 26.1. The SMILES string of the molecule is CC(=O)OC[C@H]1O[C@@H](n2ccc(=O)[nH]c2=O)[C@H](OC(C)=O)[C@@H]1CF. The number of rotatable bonds is 5. The van der Waals surface area contributed by atoms with Crippen LogP contribution >= 0.6 is 0 Å². The maximum Gasteiger partial charge on any atom is 0.330 e. The van der Waals surface area contributed by atoms with Gasteiger partial charge in [-0.05, 0) is 0 Å². The molecule has 1 saturated heterocycles. The van der Waals surface area contributed by atoms with Crippen molar-refractivity contribution in [3.63, 3.8) is 0 Å². The predicted molar refractivity (Wildman–Crippen MR) is 76.9 cm³/mol. The number of aromatic nitrogens is 2. The quantitative estimate of drug-likeness (QED) is 0.717. The summed E-state index contributed by atoms with van der Waals surface area (Å²) in [4.78, 5) is 47.4. The number of nitrogens with zero attached hydrogens (tertiary/aromatic N) is 1. The van der Waals surface area contributed by atoms with E-state index < -0.39 is 54.2 Å². The lowest BCUT2D eigenvalue weighted by Gasteiger charge is -2.22. The lowest BCUT2D eigenvalue weighted by Crippen LogP contribution is -2.38. The molecule has 1 aromatic heterocycles. The van der Waals surface area contributed by atoms with Crippen LogP contribution in [0, 0.1) is 5.92 Å². The van der Waals surface area contributed by atoms with Crippen LogP contribution in [0.2, 0.25) is 0 Å². The summed E-state index contributed by atoms with van der Waals surface area (Å²) in [6.45, 7) is 1.16. The molecule has 0 radical (unpaired) electrons. The Kier molecular flexibility index (Phi) is 5.50. The van der Waals surface area contributed by atoms with Crippen LogP contribution in [0.3, 0.4) is 0 Å². The van der Waals surface area contributed by atoms with Gasteiger partial charge in [-0.3, -0.25) is 28.3 Å². The number of H-pyrrole nitrogens is 1. The molecule has 10 heteroatoms. The van der Waals surface area contributed by atoms with Crippen molar-refractivity contribution in [2.24, 2.45) is 5.92 Å². The Bertz CT molecular complexity index is 728. The Labute approximate surface area is 135 Å². The second kappa shape index (κ2) is 7.39. The molecule has 0 amide bonds. The average Bonchev–Trinajstić information content (AvgIpc) is 2.82. The lowest BCUT2D eigenvalue weighted by atomic mass is 9.99. The van der Waals surface area contributed by atoms with Crippen molar-refractivity contribution < 1.29 is 28.2 Å². The molecule has 0 aromatic carbocycles. The Morgan fingerprint density at radius 3 is 2.58 bits per heavy atom.